The van der Waals surface area contributed by atoms with Crippen molar-refractivity contribution < 1.29 is 14.6 Å². The molecule has 0 aliphatic heterocycles. The highest BCUT2D eigenvalue weighted by Crippen LogP contribution is 2.61. The van der Waals surface area contributed by atoms with Crippen LogP contribution in [-0.2, 0) is 15.9 Å². The average molecular weight is 316 g/mol. The van der Waals surface area contributed by atoms with E-state index in [1.165, 1.54) is 43.2 Å². The van der Waals surface area contributed by atoms with Crippen LogP contribution < -0.4 is 0 Å². The summed E-state index contributed by atoms with van der Waals surface area (Å²) in [4.78, 5) is 0. The van der Waals surface area contributed by atoms with E-state index < -0.39 is 0 Å². The van der Waals surface area contributed by atoms with E-state index in [0.29, 0.717) is 30.0 Å². The number of fused-ring (bicyclic) bond motifs is 5. The van der Waals surface area contributed by atoms with E-state index in [0.717, 1.165) is 18.3 Å². The zero-order valence-electron chi connectivity index (χ0n) is 14.3. The number of hydrogen-bond donors (Lipinski definition) is 1. The van der Waals surface area contributed by atoms with Crippen molar-refractivity contribution in [2.45, 2.75) is 57.5 Å². The maximum atomic E-state index is 9.76. The van der Waals surface area contributed by atoms with Crippen LogP contribution in [-0.4, -0.2) is 25.1 Å². The van der Waals surface area contributed by atoms with Gasteiger partial charge in [0, 0.05) is 7.11 Å². The zero-order chi connectivity index (χ0) is 16.0. The summed E-state index contributed by atoms with van der Waals surface area (Å²) in [5.41, 5.74) is 3.19. The molecule has 23 heavy (non-hydrogen) atoms. The maximum absolute atomic E-state index is 9.76. The van der Waals surface area contributed by atoms with E-state index >= 15 is 0 Å². The second kappa shape index (κ2) is 5.78. The number of phenols is 1. The zero-order valence-corrected chi connectivity index (χ0v) is 14.3. The molecule has 2 fully saturated rings. The number of rotatable bonds is 3. The normalized spacial score (nSPS) is 38.7. The largest absolute Gasteiger partial charge is 0.508 e. The first-order valence-electron chi connectivity index (χ1n) is 9.06. The monoisotopic (exact) mass is 316 g/mol. The number of methoxy groups -OCH3 is 1. The van der Waals surface area contributed by atoms with E-state index in [-0.39, 0.29) is 0 Å². The molecule has 1 aromatic carbocycles. The molecular weight excluding hydrogens is 288 g/mol. The predicted molar refractivity (Wildman–Crippen MR) is 89.5 cm³/mol. The standard InChI is InChI=1S/C20H28O3/c1-20-10-9-16-15-6-4-14(21)11-13(15)3-5-17(16)18(20)7-8-19(20)23-12-22-2/h4,6,11,16-19,21H,3,5,7-10,12H2,1-2H3/t16-,17-,18+,19?,20+/m1/s1. The quantitative estimate of drug-likeness (QED) is 0.848. The van der Waals surface area contributed by atoms with Crippen LogP contribution in [0.15, 0.2) is 18.2 Å². The fourth-order valence-electron chi connectivity index (χ4n) is 5.94. The van der Waals surface area contributed by atoms with E-state index in [9.17, 15) is 5.11 Å². The third-order valence-corrected chi connectivity index (χ3v) is 7.01. The molecule has 3 nitrogen and oxygen atoms in total. The highest BCUT2D eigenvalue weighted by molar-refractivity contribution is 5.40. The van der Waals surface area contributed by atoms with Crippen molar-refractivity contribution in [1.29, 1.82) is 0 Å². The summed E-state index contributed by atoms with van der Waals surface area (Å²) in [5.74, 6) is 2.64. The van der Waals surface area contributed by atoms with Crippen LogP contribution in [0.5, 0.6) is 5.75 Å². The Labute approximate surface area is 139 Å². The number of ether oxygens (including phenoxy) is 2. The van der Waals surface area contributed by atoms with Crippen LogP contribution >= 0.6 is 0 Å². The third-order valence-electron chi connectivity index (χ3n) is 7.01. The van der Waals surface area contributed by atoms with Gasteiger partial charge < -0.3 is 14.6 Å². The SMILES string of the molecule is COCOC1CC[C@H]2[C@@H]3CCc4cc(O)ccc4[C@H]3CC[C@]12C. The van der Waals surface area contributed by atoms with Crippen LogP contribution in [0.3, 0.4) is 0 Å². The van der Waals surface area contributed by atoms with Gasteiger partial charge in [0.15, 0.2) is 0 Å². The summed E-state index contributed by atoms with van der Waals surface area (Å²) in [7, 11) is 1.71. The maximum Gasteiger partial charge on any atom is 0.146 e. The molecule has 3 heteroatoms. The van der Waals surface area contributed by atoms with Crippen LogP contribution in [0.2, 0.25) is 0 Å². The van der Waals surface area contributed by atoms with Gasteiger partial charge in [0.1, 0.15) is 12.5 Å². The van der Waals surface area contributed by atoms with E-state index in [1.54, 1.807) is 7.11 Å². The fourth-order valence-corrected chi connectivity index (χ4v) is 5.94. The Kier molecular flexibility index (Phi) is 3.89. The first kappa shape index (κ1) is 15.5. The lowest BCUT2D eigenvalue weighted by molar-refractivity contribution is -0.125. The molecule has 1 unspecified atom stereocenters. The molecule has 0 heterocycles. The van der Waals surface area contributed by atoms with E-state index in [4.69, 9.17) is 9.47 Å². The van der Waals surface area contributed by atoms with Crippen molar-refractivity contribution in [1.82, 2.24) is 0 Å². The van der Waals surface area contributed by atoms with Crippen LogP contribution in [0, 0.1) is 17.3 Å². The Bertz CT molecular complexity index is 584. The van der Waals surface area contributed by atoms with Gasteiger partial charge in [0.05, 0.1) is 6.10 Å². The molecule has 0 radical (unpaired) electrons. The molecule has 0 spiro atoms. The smallest absolute Gasteiger partial charge is 0.146 e. The van der Waals surface area contributed by atoms with E-state index in [2.05, 4.69) is 13.0 Å². The van der Waals surface area contributed by atoms with Gasteiger partial charge in [-0.05, 0) is 85.0 Å². The summed E-state index contributed by atoms with van der Waals surface area (Å²) < 4.78 is 11.2. The Morgan fingerprint density at radius 1 is 1.22 bits per heavy atom. The molecule has 1 N–H and O–H groups in total. The van der Waals surface area contributed by atoms with Gasteiger partial charge in [-0.1, -0.05) is 13.0 Å². The average Bonchev–Trinajstić information content (AvgIpc) is 2.89. The second-order valence-corrected chi connectivity index (χ2v) is 7.98. The minimum atomic E-state index is 0.314. The van der Waals surface area contributed by atoms with Crippen molar-refractivity contribution in [3.05, 3.63) is 29.3 Å². The van der Waals surface area contributed by atoms with Crippen molar-refractivity contribution in [3.63, 3.8) is 0 Å². The second-order valence-electron chi connectivity index (χ2n) is 7.98. The topological polar surface area (TPSA) is 38.7 Å². The number of aromatic hydroxyl groups is 1. The molecule has 3 aliphatic carbocycles. The molecule has 5 atom stereocenters. The number of aryl methyl sites for hydroxylation is 1. The number of phenolic OH excluding ortho intramolecular Hbond substituents is 1. The van der Waals surface area contributed by atoms with Crippen LogP contribution in [0.1, 0.15) is 56.1 Å². The predicted octanol–water partition coefficient (Wildman–Crippen LogP) is 4.24. The Morgan fingerprint density at radius 3 is 2.91 bits per heavy atom. The van der Waals surface area contributed by atoms with Crippen LogP contribution in [0.4, 0.5) is 0 Å². The van der Waals surface area contributed by atoms with Crippen molar-refractivity contribution in [2.75, 3.05) is 13.9 Å². The Balaban J connectivity index is 1.59. The first-order valence-corrected chi connectivity index (χ1v) is 9.06. The Hall–Kier alpha value is -1.06. The molecule has 4 rings (SSSR count). The van der Waals surface area contributed by atoms with Gasteiger partial charge >= 0.3 is 0 Å². The summed E-state index contributed by atoms with van der Waals surface area (Å²) >= 11 is 0. The van der Waals surface area contributed by atoms with Gasteiger partial charge in [0.2, 0.25) is 0 Å². The molecule has 126 valence electrons. The molecule has 0 saturated heterocycles. The van der Waals surface area contributed by atoms with Gasteiger partial charge in [0.25, 0.3) is 0 Å². The lowest BCUT2D eigenvalue weighted by Gasteiger charge is -2.50. The Morgan fingerprint density at radius 2 is 2.09 bits per heavy atom. The minimum Gasteiger partial charge on any atom is -0.508 e. The van der Waals surface area contributed by atoms with Crippen molar-refractivity contribution in [2.24, 2.45) is 17.3 Å². The highest BCUT2D eigenvalue weighted by atomic mass is 16.7. The van der Waals surface area contributed by atoms with Crippen molar-refractivity contribution in [3.8, 4) is 5.75 Å². The fraction of sp³-hybridized carbons (Fsp3) is 0.700. The molecule has 1 aromatic rings. The van der Waals surface area contributed by atoms with Gasteiger partial charge in [-0.25, -0.2) is 0 Å². The number of hydrogen-bond acceptors (Lipinski definition) is 3. The number of benzene rings is 1. The van der Waals surface area contributed by atoms with Gasteiger partial charge in [-0.15, -0.1) is 0 Å². The highest BCUT2D eigenvalue weighted by Gasteiger charge is 2.55. The lowest BCUT2D eigenvalue weighted by atomic mass is 9.55. The molecule has 0 aromatic heterocycles. The van der Waals surface area contributed by atoms with Gasteiger partial charge in [-0.3, -0.25) is 0 Å². The summed E-state index contributed by atoms with van der Waals surface area (Å²) in [6.07, 6.45) is 7.69. The lowest BCUT2D eigenvalue weighted by Crippen LogP contribution is -2.44. The summed E-state index contributed by atoms with van der Waals surface area (Å²) in [6.45, 7) is 2.87. The minimum absolute atomic E-state index is 0.314. The molecule has 0 amide bonds. The molecule has 2 saturated carbocycles. The van der Waals surface area contributed by atoms with Crippen molar-refractivity contribution >= 4 is 0 Å². The van der Waals surface area contributed by atoms with E-state index in [1.807, 2.05) is 12.1 Å². The first-order chi connectivity index (χ1) is 11.1. The summed E-state index contributed by atoms with van der Waals surface area (Å²) in [6, 6.07) is 6.03. The van der Waals surface area contributed by atoms with Gasteiger partial charge in [-0.2, -0.15) is 0 Å². The van der Waals surface area contributed by atoms with Crippen LogP contribution in [0.25, 0.3) is 0 Å². The molecule has 0 bridgehead atoms. The third kappa shape index (κ3) is 2.40. The molecular formula is C20H28O3. The summed E-state index contributed by atoms with van der Waals surface area (Å²) in [5, 5.41) is 9.76. The molecule has 3 aliphatic rings.